The highest BCUT2D eigenvalue weighted by Crippen LogP contribution is 2.34. The zero-order valence-corrected chi connectivity index (χ0v) is 11.2. The molecule has 0 N–H and O–H groups in total. The van der Waals surface area contributed by atoms with E-state index in [0.29, 0.717) is 23.1 Å². The van der Waals surface area contributed by atoms with Crippen molar-refractivity contribution in [1.29, 1.82) is 5.26 Å². The van der Waals surface area contributed by atoms with Crippen molar-refractivity contribution < 1.29 is 4.79 Å². The summed E-state index contributed by atoms with van der Waals surface area (Å²) >= 11 is 0. The van der Waals surface area contributed by atoms with Gasteiger partial charge in [0.15, 0.2) is 5.69 Å². The van der Waals surface area contributed by atoms with Crippen LogP contribution in [-0.4, -0.2) is 33.7 Å². The number of aromatic nitrogens is 2. The van der Waals surface area contributed by atoms with Crippen LogP contribution in [0.2, 0.25) is 0 Å². The number of carbonyl (C=O) groups excluding carboxylic acids is 1. The Morgan fingerprint density at radius 1 is 1.42 bits per heavy atom. The normalized spacial score (nSPS) is 26.0. The Kier molecular flexibility index (Phi) is 3.02. The van der Waals surface area contributed by atoms with Crippen LogP contribution in [-0.2, 0) is 7.05 Å². The molecule has 2 unspecified atom stereocenters. The molecule has 1 aliphatic carbocycles. The fourth-order valence-electron chi connectivity index (χ4n) is 3.49. The first kappa shape index (κ1) is 12.2. The lowest BCUT2D eigenvalue weighted by Crippen LogP contribution is -2.45. The second kappa shape index (κ2) is 4.69. The zero-order valence-electron chi connectivity index (χ0n) is 11.2. The quantitative estimate of drug-likeness (QED) is 0.768. The van der Waals surface area contributed by atoms with Gasteiger partial charge in [-0.2, -0.15) is 10.4 Å². The van der Waals surface area contributed by atoms with Crippen molar-refractivity contribution >= 4 is 5.91 Å². The standard InChI is InChI=1S/C14H18N4O/c1-17-13(6-15)12(7-16-17)14(19)18-8-10-3-2-4-11(5-10)9-18/h7,10-11H,2-5,8-9H2,1H3. The first-order chi connectivity index (χ1) is 9.19. The topological polar surface area (TPSA) is 61.9 Å². The van der Waals surface area contributed by atoms with Gasteiger partial charge in [0.25, 0.3) is 5.91 Å². The SMILES string of the molecule is Cn1ncc(C(=O)N2CC3CCCC(C3)C2)c1C#N. The van der Waals surface area contributed by atoms with Gasteiger partial charge >= 0.3 is 0 Å². The van der Waals surface area contributed by atoms with Crippen molar-refractivity contribution in [3.8, 4) is 6.07 Å². The van der Waals surface area contributed by atoms with Crippen LogP contribution >= 0.6 is 0 Å². The number of likely N-dealkylation sites (tertiary alicyclic amines) is 1. The largest absolute Gasteiger partial charge is 0.338 e. The Labute approximate surface area is 112 Å². The monoisotopic (exact) mass is 258 g/mol. The Balaban J connectivity index is 1.82. The predicted octanol–water partition coefficient (Wildman–Crippen LogP) is 1.55. The highest BCUT2D eigenvalue weighted by Gasteiger charge is 2.34. The molecule has 5 nitrogen and oxygen atoms in total. The smallest absolute Gasteiger partial charge is 0.258 e. The van der Waals surface area contributed by atoms with Gasteiger partial charge in [-0.25, -0.2) is 0 Å². The molecule has 1 saturated heterocycles. The molecule has 1 aromatic rings. The van der Waals surface area contributed by atoms with Crippen LogP contribution in [0.4, 0.5) is 0 Å². The molecule has 0 spiro atoms. The van der Waals surface area contributed by atoms with E-state index in [-0.39, 0.29) is 5.91 Å². The maximum absolute atomic E-state index is 12.5. The minimum absolute atomic E-state index is 0.0266. The number of fused-ring (bicyclic) bond motifs is 2. The lowest BCUT2D eigenvalue weighted by atomic mass is 9.78. The van der Waals surface area contributed by atoms with Crippen LogP contribution < -0.4 is 0 Å². The Hall–Kier alpha value is -1.83. The highest BCUT2D eigenvalue weighted by molar-refractivity contribution is 5.96. The molecule has 19 heavy (non-hydrogen) atoms. The van der Waals surface area contributed by atoms with E-state index >= 15 is 0 Å². The van der Waals surface area contributed by atoms with E-state index in [1.54, 1.807) is 7.05 Å². The molecule has 2 atom stereocenters. The third-order valence-electron chi connectivity index (χ3n) is 4.41. The minimum Gasteiger partial charge on any atom is -0.338 e. The van der Waals surface area contributed by atoms with Gasteiger partial charge in [-0.15, -0.1) is 0 Å². The molecule has 100 valence electrons. The van der Waals surface area contributed by atoms with E-state index in [4.69, 9.17) is 5.26 Å². The molecule has 2 bridgehead atoms. The van der Waals surface area contributed by atoms with Gasteiger partial charge in [-0.3, -0.25) is 9.48 Å². The lowest BCUT2D eigenvalue weighted by molar-refractivity contribution is 0.0504. The number of amides is 1. The van der Waals surface area contributed by atoms with Gasteiger partial charge in [-0.05, 0) is 31.1 Å². The second-order valence-corrected chi connectivity index (χ2v) is 5.75. The maximum Gasteiger partial charge on any atom is 0.258 e. The number of aryl methyl sites for hydroxylation is 1. The van der Waals surface area contributed by atoms with Gasteiger partial charge in [0.05, 0.1) is 11.8 Å². The van der Waals surface area contributed by atoms with E-state index < -0.39 is 0 Å². The Morgan fingerprint density at radius 2 is 2.11 bits per heavy atom. The van der Waals surface area contributed by atoms with Crippen LogP contribution in [0.15, 0.2) is 6.20 Å². The molecular weight excluding hydrogens is 240 g/mol. The fourth-order valence-corrected chi connectivity index (χ4v) is 3.49. The highest BCUT2D eigenvalue weighted by atomic mass is 16.2. The first-order valence-corrected chi connectivity index (χ1v) is 6.90. The Bertz CT molecular complexity index is 530. The van der Waals surface area contributed by atoms with Crippen LogP contribution in [0.5, 0.6) is 0 Å². The van der Waals surface area contributed by atoms with Crippen molar-refractivity contribution in [3.05, 3.63) is 17.5 Å². The average Bonchev–Trinajstić information content (AvgIpc) is 2.78. The van der Waals surface area contributed by atoms with Crippen molar-refractivity contribution in [2.24, 2.45) is 18.9 Å². The summed E-state index contributed by atoms with van der Waals surface area (Å²) in [5.41, 5.74) is 0.811. The van der Waals surface area contributed by atoms with Crippen LogP contribution in [0.3, 0.4) is 0 Å². The molecule has 3 rings (SSSR count). The summed E-state index contributed by atoms with van der Waals surface area (Å²) in [6.45, 7) is 1.68. The van der Waals surface area contributed by atoms with Gasteiger partial charge in [0.2, 0.25) is 0 Å². The number of piperidine rings is 1. The second-order valence-electron chi connectivity index (χ2n) is 5.75. The van der Waals surface area contributed by atoms with E-state index in [9.17, 15) is 4.79 Å². The number of nitrogens with zero attached hydrogens (tertiary/aromatic N) is 4. The molecule has 5 heteroatoms. The van der Waals surface area contributed by atoms with E-state index in [1.165, 1.54) is 36.6 Å². The summed E-state index contributed by atoms with van der Waals surface area (Å²) in [7, 11) is 1.69. The molecular formula is C14H18N4O. The molecule has 2 heterocycles. The molecule has 0 radical (unpaired) electrons. The van der Waals surface area contributed by atoms with Gasteiger partial charge < -0.3 is 4.90 Å². The predicted molar refractivity (Wildman–Crippen MR) is 69.3 cm³/mol. The number of carbonyl (C=O) groups is 1. The van der Waals surface area contributed by atoms with E-state index in [0.717, 1.165) is 13.1 Å². The summed E-state index contributed by atoms with van der Waals surface area (Å²) < 4.78 is 1.47. The summed E-state index contributed by atoms with van der Waals surface area (Å²) in [5, 5.41) is 13.1. The van der Waals surface area contributed by atoms with Gasteiger partial charge in [0.1, 0.15) is 6.07 Å². The third kappa shape index (κ3) is 2.12. The molecule has 2 fully saturated rings. The number of nitriles is 1. The average molecular weight is 258 g/mol. The van der Waals surface area contributed by atoms with Crippen LogP contribution in [0, 0.1) is 23.2 Å². The molecule has 1 aromatic heterocycles. The summed E-state index contributed by atoms with van der Waals surface area (Å²) in [5.74, 6) is 1.28. The van der Waals surface area contributed by atoms with Crippen molar-refractivity contribution in [3.63, 3.8) is 0 Å². The van der Waals surface area contributed by atoms with Crippen LogP contribution in [0.25, 0.3) is 0 Å². The fraction of sp³-hybridized carbons (Fsp3) is 0.643. The lowest BCUT2D eigenvalue weighted by Gasteiger charge is -2.41. The number of hydrogen-bond acceptors (Lipinski definition) is 3. The van der Waals surface area contributed by atoms with Gasteiger partial charge in [0, 0.05) is 20.1 Å². The number of rotatable bonds is 1. The molecule has 1 saturated carbocycles. The van der Waals surface area contributed by atoms with E-state index in [2.05, 4.69) is 11.2 Å². The zero-order chi connectivity index (χ0) is 13.4. The van der Waals surface area contributed by atoms with Crippen molar-refractivity contribution in [2.75, 3.05) is 13.1 Å². The van der Waals surface area contributed by atoms with Crippen LogP contribution in [0.1, 0.15) is 41.7 Å². The summed E-state index contributed by atoms with van der Waals surface area (Å²) in [6, 6.07) is 2.07. The van der Waals surface area contributed by atoms with Crippen molar-refractivity contribution in [1.82, 2.24) is 14.7 Å². The van der Waals surface area contributed by atoms with Gasteiger partial charge in [-0.1, -0.05) is 6.42 Å². The Morgan fingerprint density at radius 3 is 2.74 bits per heavy atom. The molecule has 2 aliphatic rings. The third-order valence-corrected chi connectivity index (χ3v) is 4.41. The summed E-state index contributed by atoms with van der Waals surface area (Å²) in [4.78, 5) is 14.5. The minimum atomic E-state index is -0.0266. The first-order valence-electron chi connectivity index (χ1n) is 6.90. The molecule has 1 aliphatic heterocycles. The van der Waals surface area contributed by atoms with Crippen molar-refractivity contribution in [2.45, 2.75) is 25.7 Å². The number of hydrogen-bond donors (Lipinski definition) is 0. The maximum atomic E-state index is 12.5. The molecule has 0 aromatic carbocycles. The summed E-state index contributed by atoms with van der Waals surface area (Å²) in [6.07, 6.45) is 6.55. The van der Waals surface area contributed by atoms with E-state index in [1.807, 2.05) is 4.90 Å². The molecule has 1 amide bonds.